The van der Waals surface area contributed by atoms with E-state index < -0.39 is 6.10 Å². The van der Waals surface area contributed by atoms with Gasteiger partial charge in [0.05, 0.1) is 0 Å². The highest BCUT2D eigenvalue weighted by Crippen LogP contribution is 2.18. The zero-order valence-corrected chi connectivity index (χ0v) is 48.5. The first kappa shape index (κ1) is 69.6. The summed E-state index contributed by atoms with van der Waals surface area (Å²) in [5.74, 6) is -0.851. The predicted molar refractivity (Wildman–Crippen MR) is 312 cm³/mol. The Balaban J connectivity index is 4.12. The van der Waals surface area contributed by atoms with E-state index in [4.69, 9.17) is 14.2 Å². The second-order valence-electron chi connectivity index (χ2n) is 21.7. The maximum atomic E-state index is 12.9. The second-order valence-corrected chi connectivity index (χ2v) is 21.7. The normalized spacial score (nSPS) is 12.2. The van der Waals surface area contributed by atoms with Crippen LogP contribution in [0.4, 0.5) is 0 Å². The lowest BCUT2D eigenvalue weighted by Crippen LogP contribution is -2.30. The van der Waals surface area contributed by atoms with E-state index in [9.17, 15) is 14.4 Å². The number of carbonyl (C=O) groups excluding carboxylic acids is 3. The average Bonchev–Trinajstić information content (AvgIpc) is 3.38. The molecule has 0 bridgehead atoms. The van der Waals surface area contributed by atoms with Crippen LogP contribution in [-0.2, 0) is 28.6 Å². The van der Waals surface area contributed by atoms with Gasteiger partial charge in [0.2, 0.25) is 0 Å². The van der Waals surface area contributed by atoms with Crippen molar-refractivity contribution in [1.29, 1.82) is 0 Å². The minimum Gasteiger partial charge on any atom is -0.462 e. The average molecular weight is 1010 g/mol. The molecule has 0 radical (unpaired) electrons. The highest BCUT2D eigenvalue weighted by atomic mass is 16.6. The zero-order chi connectivity index (χ0) is 52.2. The van der Waals surface area contributed by atoms with Crippen molar-refractivity contribution in [3.05, 3.63) is 36.5 Å². The van der Waals surface area contributed by atoms with Crippen LogP contribution in [0.1, 0.15) is 348 Å². The SMILES string of the molecule is CCCCCCC/C=C\C/C=C\C/C=C\CCCCCCCCCCCCCCC(=O)OCC(COC(=O)CCCCCCCCCC)OC(=O)CCCCCCCCCCCCCCCCCCCCC. The lowest BCUT2D eigenvalue weighted by atomic mass is 10.0. The third-order valence-corrected chi connectivity index (χ3v) is 14.4. The smallest absolute Gasteiger partial charge is 0.306 e. The Morgan fingerprint density at radius 3 is 0.778 bits per heavy atom. The fourth-order valence-corrected chi connectivity index (χ4v) is 9.57. The monoisotopic (exact) mass is 1010 g/mol. The van der Waals surface area contributed by atoms with Crippen LogP contribution in [0.15, 0.2) is 36.5 Å². The molecular weight excluding hydrogens is 889 g/mol. The number of carbonyl (C=O) groups is 3. The van der Waals surface area contributed by atoms with Crippen molar-refractivity contribution in [2.45, 2.75) is 354 Å². The molecule has 1 atom stereocenters. The number of unbranched alkanes of at least 4 members (excludes halogenated alkanes) is 42. The Morgan fingerprint density at radius 1 is 0.278 bits per heavy atom. The first-order chi connectivity index (χ1) is 35.5. The summed E-state index contributed by atoms with van der Waals surface area (Å²) in [7, 11) is 0. The number of ether oxygens (including phenoxy) is 3. The third kappa shape index (κ3) is 58.5. The van der Waals surface area contributed by atoms with E-state index in [-0.39, 0.29) is 31.1 Å². The quantitative estimate of drug-likeness (QED) is 0.0261. The maximum absolute atomic E-state index is 12.9. The lowest BCUT2D eigenvalue weighted by Gasteiger charge is -2.18. The minimum atomic E-state index is -0.767. The van der Waals surface area contributed by atoms with Gasteiger partial charge in [0, 0.05) is 19.3 Å². The molecule has 0 aliphatic rings. The zero-order valence-electron chi connectivity index (χ0n) is 48.5. The van der Waals surface area contributed by atoms with E-state index in [2.05, 4.69) is 57.2 Å². The number of rotatable bonds is 59. The summed E-state index contributed by atoms with van der Waals surface area (Å²) in [6.07, 6.45) is 74.6. The topological polar surface area (TPSA) is 78.9 Å². The number of esters is 3. The van der Waals surface area contributed by atoms with Gasteiger partial charge in [-0.1, -0.05) is 308 Å². The van der Waals surface area contributed by atoms with E-state index >= 15 is 0 Å². The number of hydrogen-bond donors (Lipinski definition) is 0. The van der Waals surface area contributed by atoms with Gasteiger partial charge in [0.25, 0.3) is 0 Å². The molecule has 0 N–H and O–H groups in total. The standard InChI is InChI=1S/C66H122O6/c1-4-7-10-13-16-19-21-23-25-27-29-30-31-32-33-34-35-36-38-39-41-43-45-47-50-53-56-59-65(68)71-62-63(61-70-64(67)58-55-52-49-18-15-12-9-6-3)72-66(69)60-57-54-51-48-46-44-42-40-37-28-26-24-22-20-17-14-11-8-5-2/h21,23,27,29,31-32,63H,4-20,22,24-26,28,30,33-62H2,1-3H3/b23-21-,29-27-,32-31-. The molecule has 422 valence electrons. The van der Waals surface area contributed by atoms with Gasteiger partial charge in [-0.2, -0.15) is 0 Å². The molecule has 0 aromatic rings. The van der Waals surface area contributed by atoms with Crippen molar-refractivity contribution in [2.24, 2.45) is 0 Å². The van der Waals surface area contributed by atoms with Gasteiger partial charge in [-0.25, -0.2) is 0 Å². The third-order valence-electron chi connectivity index (χ3n) is 14.4. The summed E-state index contributed by atoms with van der Waals surface area (Å²) in [6.45, 7) is 6.65. The molecule has 0 saturated carbocycles. The molecule has 0 aromatic heterocycles. The fraction of sp³-hybridized carbons (Fsp3) is 0.864. The Bertz CT molecular complexity index is 1210. The first-order valence-corrected chi connectivity index (χ1v) is 32.0. The predicted octanol–water partition coefficient (Wildman–Crippen LogP) is 21.6. The Morgan fingerprint density at radius 2 is 0.500 bits per heavy atom. The molecule has 0 saturated heterocycles. The summed E-state index contributed by atoms with van der Waals surface area (Å²) in [5.41, 5.74) is 0. The molecule has 0 heterocycles. The van der Waals surface area contributed by atoms with E-state index in [1.165, 1.54) is 238 Å². The van der Waals surface area contributed by atoms with Gasteiger partial charge in [-0.15, -0.1) is 0 Å². The molecule has 0 fully saturated rings. The van der Waals surface area contributed by atoms with Crippen molar-refractivity contribution >= 4 is 17.9 Å². The van der Waals surface area contributed by atoms with Crippen LogP contribution in [0, 0.1) is 0 Å². The van der Waals surface area contributed by atoms with Crippen molar-refractivity contribution < 1.29 is 28.6 Å². The van der Waals surface area contributed by atoms with E-state index in [0.717, 1.165) is 70.6 Å². The van der Waals surface area contributed by atoms with Crippen molar-refractivity contribution in [3.8, 4) is 0 Å². The van der Waals surface area contributed by atoms with Gasteiger partial charge in [0.15, 0.2) is 6.10 Å². The fourth-order valence-electron chi connectivity index (χ4n) is 9.57. The molecular formula is C66H122O6. The Hall–Kier alpha value is -2.37. The molecule has 0 amide bonds. The molecule has 0 aliphatic heterocycles. The summed E-state index contributed by atoms with van der Waals surface area (Å²) in [5, 5.41) is 0. The molecule has 6 heteroatoms. The molecule has 0 aromatic carbocycles. The lowest BCUT2D eigenvalue weighted by molar-refractivity contribution is -0.167. The van der Waals surface area contributed by atoms with Gasteiger partial charge in [-0.05, 0) is 57.8 Å². The summed E-state index contributed by atoms with van der Waals surface area (Å²) >= 11 is 0. The van der Waals surface area contributed by atoms with Crippen LogP contribution in [0.3, 0.4) is 0 Å². The van der Waals surface area contributed by atoms with Crippen molar-refractivity contribution in [1.82, 2.24) is 0 Å². The maximum Gasteiger partial charge on any atom is 0.306 e. The van der Waals surface area contributed by atoms with Gasteiger partial charge in [0.1, 0.15) is 13.2 Å². The summed E-state index contributed by atoms with van der Waals surface area (Å²) < 4.78 is 16.9. The van der Waals surface area contributed by atoms with Gasteiger partial charge in [-0.3, -0.25) is 14.4 Å². The van der Waals surface area contributed by atoms with Crippen LogP contribution in [0.25, 0.3) is 0 Å². The van der Waals surface area contributed by atoms with Gasteiger partial charge < -0.3 is 14.2 Å². The van der Waals surface area contributed by atoms with Crippen LogP contribution in [0.2, 0.25) is 0 Å². The highest BCUT2D eigenvalue weighted by Gasteiger charge is 2.19. The summed E-state index contributed by atoms with van der Waals surface area (Å²) in [6, 6.07) is 0. The van der Waals surface area contributed by atoms with Gasteiger partial charge >= 0.3 is 17.9 Å². The van der Waals surface area contributed by atoms with Crippen LogP contribution >= 0.6 is 0 Å². The molecule has 0 spiro atoms. The Kier molecular flexibility index (Phi) is 59.2. The van der Waals surface area contributed by atoms with Crippen molar-refractivity contribution in [3.63, 3.8) is 0 Å². The molecule has 72 heavy (non-hydrogen) atoms. The second kappa shape index (κ2) is 61.2. The summed E-state index contributed by atoms with van der Waals surface area (Å²) in [4.78, 5) is 38.1. The molecule has 0 rings (SSSR count). The first-order valence-electron chi connectivity index (χ1n) is 32.0. The molecule has 6 nitrogen and oxygen atoms in total. The van der Waals surface area contributed by atoms with Crippen LogP contribution in [0.5, 0.6) is 0 Å². The Labute approximate surface area is 448 Å². The number of hydrogen-bond acceptors (Lipinski definition) is 6. The molecule has 0 aliphatic carbocycles. The van der Waals surface area contributed by atoms with E-state index in [1.54, 1.807) is 0 Å². The van der Waals surface area contributed by atoms with Crippen LogP contribution in [-0.4, -0.2) is 37.2 Å². The highest BCUT2D eigenvalue weighted by molar-refractivity contribution is 5.71. The van der Waals surface area contributed by atoms with Crippen LogP contribution < -0.4 is 0 Å². The van der Waals surface area contributed by atoms with E-state index in [1.807, 2.05) is 0 Å². The molecule has 1 unspecified atom stereocenters. The van der Waals surface area contributed by atoms with E-state index in [0.29, 0.717) is 19.3 Å². The largest absolute Gasteiger partial charge is 0.462 e. The number of allylic oxidation sites excluding steroid dienone is 6. The minimum absolute atomic E-state index is 0.0675. The van der Waals surface area contributed by atoms with Crippen molar-refractivity contribution in [2.75, 3.05) is 13.2 Å².